The number of carbonyl (C=O) groups excluding carboxylic acids is 1. The van der Waals surface area contributed by atoms with Crippen molar-refractivity contribution in [1.29, 1.82) is 0 Å². The van der Waals surface area contributed by atoms with Gasteiger partial charge in [0.05, 0.1) is 24.9 Å². The number of hydrogen-bond acceptors (Lipinski definition) is 4. The van der Waals surface area contributed by atoms with Crippen LogP contribution in [0.2, 0.25) is 0 Å². The maximum absolute atomic E-state index is 12.6. The van der Waals surface area contributed by atoms with Crippen LogP contribution in [-0.2, 0) is 24.3 Å². The molecule has 2 unspecified atom stereocenters. The molecular weight excluding hydrogens is 280 g/mol. The van der Waals surface area contributed by atoms with E-state index in [2.05, 4.69) is 39.7 Å². The van der Waals surface area contributed by atoms with E-state index in [-0.39, 0.29) is 11.8 Å². The molecule has 0 saturated heterocycles. The van der Waals surface area contributed by atoms with E-state index in [1.165, 1.54) is 0 Å². The summed E-state index contributed by atoms with van der Waals surface area (Å²) in [5, 5.41) is 18.2. The Kier molecular flexibility index (Phi) is 4.22. The third-order valence-electron chi connectivity index (χ3n) is 4.27. The summed E-state index contributed by atoms with van der Waals surface area (Å²) in [5.74, 6) is 0.231. The Labute approximate surface area is 129 Å². The lowest BCUT2D eigenvalue weighted by Gasteiger charge is -2.27. The lowest BCUT2D eigenvalue weighted by molar-refractivity contribution is -0.124. The third-order valence-corrected chi connectivity index (χ3v) is 4.27. The molecule has 0 aliphatic heterocycles. The van der Waals surface area contributed by atoms with E-state index in [1.807, 2.05) is 6.20 Å². The first-order chi connectivity index (χ1) is 10.7. The Hall–Kier alpha value is -2.18. The van der Waals surface area contributed by atoms with Gasteiger partial charge in [0, 0.05) is 17.8 Å². The van der Waals surface area contributed by atoms with Gasteiger partial charge in [-0.25, -0.2) is 0 Å². The summed E-state index contributed by atoms with van der Waals surface area (Å²) >= 11 is 0. The van der Waals surface area contributed by atoms with Gasteiger partial charge in [-0.2, -0.15) is 5.10 Å². The van der Waals surface area contributed by atoms with Gasteiger partial charge in [-0.3, -0.25) is 14.6 Å². The fourth-order valence-electron chi connectivity index (χ4n) is 3.08. The van der Waals surface area contributed by atoms with Gasteiger partial charge in [0.25, 0.3) is 0 Å². The van der Waals surface area contributed by atoms with Crippen LogP contribution < -0.4 is 5.32 Å². The Morgan fingerprint density at radius 3 is 3.23 bits per heavy atom. The molecule has 7 nitrogen and oxygen atoms in total. The summed E-state index contributed by atoms with van der Waals surface area (Å²) in [6.07, 6.45) is 6.65. The van der Waals surface area contributed by atoms with Crippen molar-refractivity contribution in [3.8, 4) is 0 Å². The minimum Gasteiger partial charge on any atom is -0.350 e. The summed E-state index contributed by atoms with van der Waals surface area (Å²) < 4.78 is 1.80. The minimum absolute atomic E-state index is 0.0416. The quantitative estimate of drug-likeness (QED) is 0.873. The van der Waals surface area contributed by atoms with Crippen LogP contribution in [-0.4, -0.2) is 31.1 Å². The average Bonchev–Trinajstić information content (AvgIpc) is 3.14. The summed E-state index contributed by atoms with van der Waals surface area (Å²) in [4.78, 5) is 12.6. The van der Waals surface area contributed by atoms with Crippen LogP contribution in [0.1, 0.15) is 49.6 Å². The largest absolute Gasteiger partial charge is 0.350 e. The molecule has 7 heteroatoms. The number of nitrogens with one attached hydrogen (secondary N) is 2. The van der Waals surface area contributed by atoms with Gasteiger partial charge in [0.15, 0.2) is 0 Å². The fraction of sp³-hybridized carbons (Fsp3) is 0.600. The molecule has 0 aromatic carbocycles. The molecular formula is C15H22N6O. The number of aromatic amines is 1. The van der Waals surface area contributed by atoms with E-state index < -0.39 is 0 Å². The van der Waals surface area contributed by atoms with Gasteiger partial charge in [-0.15, -0.1) is 5.10 Å². The van der Waals surface area contributed by atoms with Crippen molar-refractivity contribution in [2.24, 2.45) is 5.92 Å². The van der Waals surface area contributed by atoms with Crippen molar-refractivity contribution in [3.63, 3.8) is 0 Å². The predicted octanol–water partition coefficient (Wildman–Crippen LogP) is 1.39. The van der Waals surface area contributed by atoms with Gasteiger partial charge in [0.1, 0.15) is 5.69 Å². The summed E-state index contributed by atoms with van der Waals surface area (Å²) in [7, 11) is 0. The van der Waals surface area contributed by atoms with Gasteiger partial charge < -0.3 is 5.32 Å². The maximum Gasteiger partial charge on any atom is 0.228 e. The van der Waals surface area contributed by atoms with E-state index in [1.54, 1.807) is 10.9 Å². The van der Waals surface area contributed by atoms with Crippen molar-refractivity contribution in [2.45, 2.75) is 52.1 Å². The number of H-pyrrole nitrogens is 1. The fourth-order valence-corrected chi connectivity index (χ4v) is 3.08. The smallest absolute Gasteiger partial charge is 0.228 e. The van der Waals surface area contributed by atoms with Crippen LogP contribution in [0.25, 0.3) is 0 Å². The molecule has 3 rings (SSSR count). The molecule has 0 bridgehead atoms. The number of fused-ring (bicyclic) bond motifs is 1. The van der Waals surface area contributed by atoms with Crippen molar-refractivity contribution >= 4 is 5.91 Å². The molecule has 118 valence electrons. The predicted molar refractivity (Wildman–Crippen MR) is 81.0 cm³/mol. The van der Waals surface area contributed by atoms with Gasteiger partial charge in [-0.1, -0.05) is 19.1 Å². The van der Waals surface area contributed by atoms with Crippen LogP contribution in [0.4, 0.5) is 0 Å². The molecule has 2 aromatic heterocycles. The topological polar surface area (TPSA) is 88.5 Å². The number of carbonyl (C=O) groups is 1. The Morgan fingerprint density at radius 1 is 1.55 bits per heavy atom. The zero-order valence-corrected chi connectivity index (χ0v) is 13.0. The second-order valence-electron chi connectivity index (χ2n) is 5.99. The highest BCUT2D eigenvalue weighted by atomic mass is 16.1. The third kappa shape index (κ3) is 2.88. The monoisotopic (exact) mass is 302 g/mol. The van der Waals surface area contributed by atoms with Crippen molar-refractivity contribution in [3.05, 3.63) is 29.3 Å². The van der Waals surface area contributed by atoms with Crippen LogP contribution in [0.3, 0.4) is 0 Å². The zero-order valence-electron chi connectivity index (χ0n) is 13.0. The zero-order chi connectivity index (χ0) is 15.5. The minimum atomic E-state index is -0.131. The van der Waals surface area contributed by atoms with Crippen molar-refractivity contribution in [1.82, 2.24) is 30.5 Å². The van der Waals surface area contributed by atoms with E-state index >= 15 is 0 Å². The average molecular weight is 302 g/mol. The first-order valence-corrected chi connectivity index (χ1v) is 7.88. The van der Waals surface area contributed by atoms with Gasteiger partial charge in [0.2, 0.25) is 5.91 Å². The SMILES string of the molecule is CCCn1cc(CNC(=O)C2c3cn[nH]c3CCC2C)nn1. The van der Waals surface area contributed by atoms with Crippen molar-refractivity contribution < 1.29 is 4.79 Å². The lowest BCUT2D eigenvalue weighted by atomic mass is 9.78. The van der Waals surface area contributed by atoms with E-state index in [4.69, 9.17) is 0 Å². The second-order valence-corrected chi connectivity index (χ2v) is 5.99. The number of rotatable bonds is 5. The molecule has 0 saturated carbocycles. The second kappa shape index (κ2) is 6.29. The molecule has 2 N–H and O–H groups in total. The molecule has 0 fully saturated rings. The molecule has 0 radical (unpaired) electrons. The highest BCUT2D eigenvalue weighted by molar-refractivity contribution is 5.84. The van der Waals surface area contributed by atoms with E-state index in [0.29, 0.717) is 12.5 Å². The highest BCUT2D eigenvalue weighted by Gasteiger charge is 2.33. The van der Waals surface area contributed by atoms with E-state index in [0.717, 1.165) is 42.8 Å². The Morgan fingerprint density at radius 2 is 2.41 bits per heavy atom. The lowest BCUT2D eigenvalue weighted by Crippen LogP contribution is -2.34. The van der Waals surface area contributed by atoms with Crippen LogP contribution in [0, 0.1) is 5.92 Å². The summed E-state index contributed by atoms with van der Waals surface area (Å²) in [5.41, 5.74) is 2.91. The maximum atomic E-state index is 12.6. The highest BCUT2D eigenvalue weighted by Crippen LogP contribution is 2.35. The summed E-state index contributed by atoms with van der Waals surface area (Å²) in [6.45, 7) is 5.48. The normalized spacial score (nSPS) is 20.6. The van der Waals surface area contributed by atoms with E-state index in [9.17, 15) is 4.79 Å². The molecule has 1 amide bonds. The molecule has 1 aliphatic carbocycles. The van der Waals surface area contributed by atoms with Gasteiger partial charge in [-0.05, 0) is 25.2 Å². The van der Waals surface area contributed by atoms with Gasteiger partial charge >= 0.3 is 0 Å². The number of amides is 1. The molecule has 2 heterocycles. The molecule has 2 atom stereocenters. The molecule has 1 aliphatic rings. The molecule has 22 heavy (non-hydrogen) atoms. The molecule has 0 spiro atoms. The molecule has 2 aromatic rings. The Bertz CT molecular complexity index is 646. The van der Waals surface area contributed by atoms with Crippen LogP contribution in [0.15, 0.2) is 12.4 Å². The Balaban J connectivity index is 1.64. The van der Waals surface area contributed by atoms with Crippen molar-refractivity contribution in [2.75, 3.05) is 0 Å². The number of nitrogens with zero attached hydrogens (tertiary/aromatic N) is 4. The number of hydrogen-bond donors (Lipinski definition) is 2. The first kappa shape index (κ1) is 14.7. The first-order valence-electron chi connectivity index (χ1n) is 7.88. The number of aryl methyl sites for hydroxylation is 2. The van der Waals surface area contributed by atoms with Crippen LogP contribution in [0.5, 0.6) is 0 Å². The standard InChI is InChI=1S/C15H22N6O/c1-3-6-21-9-11(18-20-21)7-16-15(22)14-10(2)4-5-13-12(14)8-17-19-13/h8-10,14H,3-7H2,1-2H3,(H,16,22)(H,17,19). The van der Waals surface area contributed by atoms with Crippen LogP contribution >= 0.6 is 0 Å². The summed E-state index contributed by atoms with van der Waals surface area (Å²) in [6, 6.07) is 0. The number of aromatic nitrogens is 5.